The van der Waals surface area contributed by atoms with Gasteiger partial charge < -0.3 is 19.2 Å². The standard InChI is InChI=1S/C21H23N5O3/c1-14(2)20-23-24-21(29-20)26-11-9-25(10-12-26)18(27)8-7-16-13-15-5-3-4-6-17(15)22-19(16)28/h3-8,13-14H,9-12H2,1-2H3,(H,22,28)/b8-7+. The molecule has 3 aromatic rings. The molecular formula is C21H23N5O3. The van der Waals surface area contributed by atoms with E-state index in [1.165, 1.54) is 6.08 Å². The first kappa shape index (κ1) is 18.9. The monoisotopic (exact) mass is 393 g/mol. The van der Waals surface area contributed by atoms with Crippen molar-refractivity contribution < 1.29 is 9.21 Å². The van der Waals surface area contributed by atoms with Crippen LogP contribution in [0.2, 0.25) is 0 Å². The number of aromatic amines is 1. The predicted molar refractivity (Wildman–Crippen MR) is 111 cm³/mol. The number of benzene rings is 1. The van der Waals surface area contributed by atoms with Crippen molar-refractivity contribution in [3.05, 3.63) is 58.2 Å². The molecule has 1 fully saturated rings. The molecule has 150 valence electrons. The molecule has 3 heterocycles. The molecule has 1 aromatic carbocycles. The summed E-state index contributed by atoms with van der Waals surface area (Å²) >= 11 is 0. The van der Waals surface area contributed by atoms with Crippen LogP contribution in [0.1, 0.15) is 31.2 Å². The number of pyridine rings is 1. The average molecular weight is 393 g/mol. The van der Waals surface area contributed by atoms with E-state index in [9.17, 15) is 9.59 Å². The van der Waals surface area contributed by atoms with Crippen LogP contribution in [-0.2, 0) is 4.79 Å². The minimum absolute atomic E-state index is 0.120. The third-order valence-electron chi connectivity index (χ3n) is 4.97. The molecule has 4 rings (SSSR count). The lowest BCUT2D eigenvalue weighted by molar-refractivity contribution is -0.126. The largest absolute Gasteiger partial charge is 0.408 e. The van der Waals surface area contributed by atoms with Gasteiger partial charge in [-0.2, -0.15) is 0 Å². The molecule has 29 heavy (non-hydrogen) atoms. The maximum absolute atomic E-state index is 12.5. The molecule has 1 aliphatic rings. The molecule has 8 heteroatoms. The first-order chi connectivity index (χ1) is 14.0. The van der Waals surface area contributed by atoms with Crippen LogP contribution in [0.5, 0.6) is 0 Å². The van der Waals surface area contributed by atoms with E-state index in [1.54, 1.807) is 17.0 Å². The van der Waals surface area contributed by atoms with Crippen LogP contribution in [0.4, 0.5) is 6.01 Å². The summed E-state index contributed by atoms with van der Waals surface area (Å²) < 4.78 is 5.68. The summed E-state index contributed by atoms with van der Waals surface area (Å²) in [7, 11) is 0. The molecule has 1 amide bonds. The summed E-state index contributed by atoms with van der Waals surface area (Å²) in [6.07, 6.45) is 3.03. The van der Waals surface area contributed by atoms with E-state index in [-0.39, 0.29) is 17.4 Å². The fourth-order valence-corrected chi connectivity index (χ4v) is 3.26. The third-order valence-corrected chi connectivity index (χ3v) is 4.97. The molecule has 1 N–H and O–H groups in total. The molecule has 0 radical (unpaired) electrons. The Bertz CT molecular complexity index is 1110. The van der Waals surface area contributed by atoms with Crippen LogP contribution in [0, 0.1) is 0 Å². The lowest BCUT2D eigenvalue weighted by Gasteiger charge is -2.33. The van der Waals surface area contributed by atoms with Crippen molar-refractivity contribution in [2.45, 2.75) is 19.8 Å². The minimum Gasteiger partial charge on any atom is -0.408 e. The molecule has 0 atom stereocenters. The van der Waals surface area contributed by atoms with Crippen LogP contribution >= 0.6 is 0 Å². The van der Waals surface area contributed by atoms with Gasteiger partial charge in [0.1, 0.15) is 0 Å². The lowest BCUT2D eigenvalue weighted by Crippen LogP contribution is -2.48. The van der Waals surface area contributed by atoms with Crippen molar-refractivity contribution in [2.24, 2.45) is 0 Å². The molecule has 0 bridgehead atoms. The molecule has 1 aliphatic heterocycles. The number of para-hydroxylation sites is 1. The zero-order valence-corrected chi connectivity index (χ0v) is 16.5. The number of carbonyl (C=O) groups is 1. The first-order valence-corrected chi connectivity index (χ1v) is 9.68. The van der Waals surface area contributed by atoms with Gasteiger partial charge in [-0.3, -0.25) is 9.59 Å². The molecule has 2 aromatic heterocycles. The van der Waals surface area contributed by atoms with Gasteiger partial charge in [0.2, 0.25) is 11.8 Å². The van der Waals surface area contributed by atoms with Crippen molar-refractivity contribution in [1.82, 2.24) is 20.1 Å². The highest BCUT2D eigenvalue weighted by Crippen LogP contribution is 2.19. The average Bonchev–Trinajstić information content (AvgIpc) is 3.23. The fourth-order valence-electron chi connectivity index (χ4n) is 3.26. The van der Waals surface area contributed by atoms with E-state index in [1.807, 2.05) is 43.0 Å². The summed E-state index contributed by atoms with van der Waals surface area (Å²) in [6.45, 7) is 6.35. The number of nitrogens with zero attached hydrogens (tertiary/aromatic N) is 4. The second-order valence-corrected chi connectivity index (χ2v) is 7.36. The summed E-state index contributed by atoms with van der Waals surface area (Å²) in [5.74, 6) is 0.676. The van der Waals surface area contributed by atoms with E-state index in [2.05, 4.69) is 15.2 Å². The van der Waals surface area contributed by atoms with Crippen molar-refractivity contribution in [2.75, 3.05) is 31.1 Å². The number of hydrogen-bond donors (Lipinski definition) is 1. The van der Waals surface area contributed by atoms with Gasteiger partial charge in [-0.25, -0.2) is 0 Å². The molecule has 8 nitrogen and oxygen atoms in total. The van der Waals surface area contributed by atoms with Crippen molar-refractivity contribution in [3.8, 4) is 0 Å². The number of hydrogen-bond acceptors (Lipinski definition) is 6. The quantitative estimate of drug-likeness (QED) is 0.684. The van der Waals surface area contributed by atoms with E-state index in [0.29, 0.717) is 43.6 Å². The number of nitrogens with one attached hydrogen (secondary N) is 1. The highest BCUT2D eigenvalue weighted by atomic mass is 16.4. The third kappa shape index (κ3) is 4.06. The number of amides is 1. The number of carbonyl (C=O) groups excluding carboxylic acids is 1. The van der Waals surface area contributed by atoms with Crippen LogP contribution in [0.25, 0.3) is 17.0 Å². The summed E-state index contributed by atoms with van der Waals surface area (Å²) in [6, 6.07) is 9.84. The van der Waals surface area contributed by atoms with Gasteiger partial charge in [0.15, 0.2) is 0 Å². The Labute approximate surface area is 167 Å². The van der Waals surface area contributed by atoms with E-state index in [4.69, 9.17) is 4.42 Å². The Morgan fingerprint density at radius 2 is 1.93 bits per heavy atom. The maximum Gasteiger partial charge on any atom is 0.318 e. The Hall–Kier alpha value is -3.42. The molecule has 0 spiro atoms. The molecule has 0 aliphatic carbocycles. The van der Waals surface area contributed by atoms with E-state index >= 15 is 0 Å². The zero-order chi connectivity index (χ0) is 20.4. The topological polar surface area (TPSA) is 95.3 Å². The summed E-state index contributed by atoms with van der Waals surface area (Å²) in [5.41, 5.74) is 1.02. The second kappa shape index (κ2) is 7.90. The molecular weight excluding hydrogens is 370 g/mol. The first-order valence-electron chi connectivity index (χ1n) is 9.68. The summed E-state index contributed by atoms with van der Waals surface area (Å²) in [4.78, 5) is 31.3. The number of piperazine rings is 1. The van der Waals surface area contributed by atoms with Crippen molar-refractivity contribution in [3.63, 3.8) is 0 Å². The van der Waals surface area contributed by atoms with Gasteiger partial charge in [-0.1, -0.05) is 37.1 Å². The van der Waals surface area contributed by atoms with E-state index in [0.717, 1.165) is 10.9 Å². The number of anilines is 1. The van der Waals surface area contributed by atoms with Crippen LogP contribution < -0.4 is 10.5 Å². The molecule has 1 saturated heterocycles. The number of H-pyrrole nitrogens is 1. The van der Waals surface area contributed by atoms with Crippen molar-refractivity contribution >= 4 is 28.9 Å². The molecule has 0 unspecified atom stereocenters. The molecule has 0 saturated carbocycles. The van der Waals surface area contributed by atoms with Gasteiger partial charge in [-0.05, 0) is 23.6 Å². The maximum atomic E-state index is 12.5. The Kier molecular flexibility index (Phi) is 5.16. The summed E-state index contributed by atoms with van der Waals surface area (Å²) in [5, 5.41) is 9.07. The fraction of sp³-hybridized carbons (Fsp3) is 0.333. The highest BCUT2D eigenvalue weighted by molar-refractivity contribution is 5.92. The van der Waals surface area contributed by atoms with Gasteiger partial charge in [0.25, 0.3) is 5.56 Å². The van der Waals surface area contributed by atoms with Gasteiger partial charge in [0, 0.05) is 49.3 Å². The van der Waals surface area contributed by atoms with Gasteiger partial charge in [0.05, 0.1) is 0 Å². The van der Waals surface area contributed by atoms with Crippen LogP contribution in [0.3, 0.4) is 0 Å². The van der Waals surface area contributed by atoms with Crippen molar-refractivity contribution in [1.29, 1.82) is 0 Å². The lowest BCUT2D eigenvalue weighted by atomic mass is 10.1. The smallest absolute Gasteiger partial charge is 0.318 e. The van der Waals surface area contributed by atoms with E-state index < -0.39 is 0 Å². The normalized spacial score (nSPS) is 15.0. The van der Waals surface area contributed by atoms with Gasteiger partial charge in [-0.15, -0.1) is 5.10 Å². The predicted octanol–water partition coefficient (Wildman–Crippen LogP) is 2.40. The number of rotatable bonds is 4. The van der Waals surface area contributed by atoms with Gasteiger partial charge >= 0.3 is 6.01 Å². The van der Waals surface area contributed by atoms with Crippen LogP contribution in [0.15, 0.2) is 45.6 Å². The second-order valence-electron chi connectivity index (χ2n) is 7.36. The number of fused-ring (bicyclic) bond motifs is 1. The SMILES string of the molecule is CC(C)c1nnc(N2CCN(C(=O)/C=C/c3cc4ccccc4[nH]c3=O)CC2)o1. The Morgan fingerprint density at radius 3 is 2.66 bits per heavy atom. The highest BCUT2D eigenvalue weighted by Gasteiger charge is 2.23. The number of aromatic nitrogens is 3. The Balaban J connectivity index is 1.39. The Morgan fingerprint density at radius 1 is 1.17 bits per heavy atom. The van der Waals surface area contributed by atoms with Crippen LogP contribution in [-0.4, -0.2) is 52.2 Å². The minimum atomic E-state index is -0.213. The zero-order valence-electron chi connectivity index (χ0n) is 16.5.